The fourth-order valence-electron chi connectivity index (χ4n) is 6.79. The summed E-state index contributed by atoms with van der Waals surface area (Å²) in [4.78, 5) is 97.4. The van der Waals surface area contributed by atoms with Gasteiger partial charge < -0.3 is 65.6 Å². The van der Waals surface area contributed by atoms with E-state index in [1.807, 2.05) is 6.07 Å². The largest absolute Gasteiger partial charge is 0.472 e. The van der Waals surface area contributed by atoms with E-state index in [0.29, 0.717) is 0 Å². The number of nitrogens with two attached hydrogens (primary N) is 2. The summed E-state index contributed by atoms with van der Waals surface area (Å²) in [5.74, 6) is -1.27. The van der Waals surface area contributed by atoms with Crippen LogP contribution in [0.25, 0.3) is 11.2 Å². The number of amides is 2. The zero-order valence-electron chi connectivity index (χ0n) is 36.0. The number of imidazole rings is 1. The molecule has 366 valence electrons. The Labute approximate surface area is 380 Å². The van der Waals surface area contributed by atoms with E-state index in [1.165, 1.54) is 23.2 Å². The minimum Gasteiger partial charge on any atom is -0.455 e. The van der Waals surface area contributed by atoms with Gasteiger partial charge in [-0.3, -0.25) is 22.7 Å². The number of aromatic nitrogens is 6. The van der Waals surface area contributed by atoms with Gasteiger partial charge in [-0.05, 0) is 45.2 Å². The van der Waals surface area contributed by atoms with Crippen LogP contribution in [0, 0.1) is 0 Å². The number of hydrogen-bond acceptors (Lipinski definition) is 21. The molecule has 67 heavy (non-hydrogen) atoms. The Bertz CT molecular complexity index is 2520. The summed E-state index contributed by atoms with van der Waals surface area (Å²) in [5, 5.41) is 16.7. The van der Waals surface area contributed by atoms with E-state index < -0.39 is 107 Å². The molecule has 5 heterocycles. The fourth-order valence-corrected chi connectivity index (χ4v) is 8.09. The van der Waals surface area contributed by atoms with E-state index >= 15 is 0 Å². The number of alkyl carbamates (subject to hydrolysis) is 2. The molecule has 2 unspecified atom stereocenters. The molecule has 0 saturated carbocycles. The van der Waals surface area contributed by atoms with Crippen molar-refractivity contribution in [3.8, 4) is 0 Å². The van der Waals surface area contributed by atoms with E-state index in [4.69, 9.17) is 44.2 Å². The van der Waals surface area contributed by atoms with Gasteiger partial charge >= 0.3 is 39.5 Å². The van der Waals surface area contributed by atoms with Crippen molar-refractivity contribution in [2.45, 2.75) is 101 Å². The lowest BCUT2D eigenvalue weighted by Gasteiger charge is -2.26. The van der Waals surface area contributed by atoms with E-state index in [1.54, 1.807) is 45.0 Å². The summed E-state index contributed by atoms with van der Waals surface area (Å²) in [5.41, 5.74) is 10.6. The standard InChI is InChI=1S/C37H50N10O18P2/c1-37(2,3)64-36(52)44-21(10-7-12-40-35(51)58-15-20-8-5-4-6-9-20)33(49)63-29-24(62-32(28(29)48)47-19-43-27-30(39)41-18-42-31(27)47)17-60-67(56,57)65-22-14-26(46-13-11-25(38)45-34(46)50)61-23(22)16-59-66(53,54)55/h4-6,8-9,11,13,18-19,21-24,26,28-29,32,48H,7,10,12,14-17H2,1-3H3,(H,40,51)(H,44,52)(H,56,57)(H2,38,45,50)(H2,39,41,42)(H2,53,54,55)/t21?,22-,23-,24+,26+,28+,29+,32+/m0/s1. The fraction of sp³-hybridized carbons (Fsp3) is 0.514. The van der Waals surface area contributed by atoms with Gasteiger partial charge in [0, 0.05) is 19.2 Å². The number of nitrogen functional groups attached to an aromatic ring is 2. The maximum Gasteiger partial charge on any atom is 0.472 e. The lowest BCUT2D eigenvalue weighted by molar-refractivity contribution is -0.159. The van der Waals surface area contributed by atoms with Crippen molar-refractivity contribution < 1.29 is 80.6 Å². The van der Waals surface area contributed by atoms with Crippen molar-refractivity contribution in [2.24, 2.45) is 0 Å². The van der Waals surface area contributed by atoms with Gasteiger partial charge in [0.2, 0.25) is 0 Å². The highest BCUT2D eigenvalue weighted by atomic mass is 31.2. The number of fused-ring (bicyclic) bond motifs is 1. The zero-order chi connectivity index (χ0) is 48.7. The Kier molecular flexibility index (Phi) is 16.3. The molecule has 3 aromatic heterocycles. The summed E-state index contributed by atoms with van der Waals surface area (Å²) in [7, 11) is -10.4. The number of carbonyl (C=O) groups is 3. The molecular weight excluding hydrogens is 934 g/mol. The molecule has 2 aliphatic rings. The quantitative estimate of drug-likeness (QED) is 0.0280. The number of benzene rings is 1. The van der Waals surface area contributed by atoms with Gasteiger partial charge in [0.05, 0.1) is 19.5 Å². The van der Waals surface area contributed by atoms with Crippen LogP contribution in [-0.2, 0) is 57.8 Å². The van der Waals surface area contributed by atoms with Crippen molar-refractivity contribution in [2.75, 3.05) is 31.2 Å². The number of nitrogens with one attached hydrogen (secondary N) is 2. The topological polar surface area (TPSA) is 395 Å². The van der Waals surface area contributed by atoms with Gasteiger partial charge in [-0.2, -0.15) is 4.98 Å². The van der Waals surface area contributed by atoms with Crippen molar-refractivity contribution >= 4 is 56.6 Å². The molecule has 2 fully saturated rings. The molecule has 0 bridgehead atoms. The summed E-state index contributed by atoms with van der Waals surface area (Å²) in [6, 6.07) is 8.73. The molecule has 6 rings (SSSR count). The number of phosphoric ester groups is 2. The molecule has 4 aromatic rings. The Morgan fingerprint density at radius 2 is 1.70 bits per heavy atom. The second kappa shape index (κ2) is 21.5. The Morgan fingerprint density at radius 1 is 0.970 bits per heavy atom. The Morgan fingerprint density at radius 3 is 2.40 bits per heavy atom. The molecule has 2 saturated heterocycles. The predicted octanol–water partition coefficient (Wildman–Crippen LogP) is 0.917. The highest BCUT2D eigenvalue weighted by Gasteiger charge is 2.50. The molecule has 28 nitrogen and oxygen atoms in total. The molecule has 0 radical (unpaired) electrons. The zero-order valence-corrected chi connectivity index (χ0v) is 37.8. The first-order chi connectivity index (χ1) is 31.6. The van der Waals surface area contributed by atoms with E-state index in [0.717, 1.165) is 16.5 Å². The first-order valence-corrected chi connectivity index (χ1v) is 23.4. The minimum atomic E-state index is -5.28. The van der Waals surface area contributed by atoms with Crippen molar-refractivity contribution in [3.05, 3.63) is 71.3 Å². The van der Waals surface area contributed by atoms with Crippen LogP contribution < -0.4 is 27.8 Å². The third-order valence-electron chi connectivity index (χ3n) is 9.77. The summed E-state index contributed by atoms with van der Waals surface area (Å²) >= 11 is 0. The minimum absolute atomic E-state index is 0.00177. The normalized spacial score (nSPS) is 23.3. The molecule has 0 aliphatic carbocycles. The number of phosphoric acid groups is 2. The molecule has 2 amide bonds. The number of hydrogen-bond donors (Lipinski definition) is 8. The number of carbonyl (C=O) groups excluding carboxylic acids is 3. The Hall–Kier alpha value is -5.64. The third kappa shape index (κ3) is 14.2. The number of nitrogens with zero attached hydrogens (tertiary/aromatic N) is 6. The molecule has 30 heteroatoms. The Balaban J connectivity index is 1.19. The maximum atomic E-state index is 14.0. The average Bonchev–Trinajstić information content (AvgIpc) is 3.94. The molecule has 2 aliphatic heterocycles. The first kappa shape index (κ1) is 50.8. The highest BCUT2D eigenvalue weighted by molar-refractivity contribution is 7.47. The number of aliphatic hydroxyl groups is 1. The van der Waals surface area contributed by atoms with Crippen LogP contribution in [0.4, 0.5) is 21.2 Å². The summed E-state index contributed by atoms with van der Waals surface area (Å²) in [6.07, 6.45) is -9.47. The number of ether oxygens (including phenoxy) is 5. The number of aliphatic hydroxyl groups excluding tert-OH is 1. The predicted molar refractivity (Wildman–Crippen MR) is 227 cm³/mol. The smallest absolute Gasteiger partial charge is 0.455 e. The van der Waals surface area contributed by atoms with Crippen molar-refractivity contribution in [3.63, 3.8) is 0 Å². The van der Waals surface area contributed by atoms with Crippen LogP contribution in [0.2, 0.25) is 0 Å². The molecule has 10 N–H and O–H groups in total. The van der Waals surface area contributed by atoms with Crippen LogP contribution in [0.5, 0.6) is 0 Å². The van der Waals surface area contributed by atoms with E-state index in [9.17, 15) is 48.1 Å². The SMILES string of the molecule is CC(C)(C)OC(=O)NC(CCCNC(=O)OCc1ccccc1)C(=O)O[C@H]1[C@@H](O)[C@H](n2cnc3c(N)ncnc32)O[C@@H]1COP(=O)(O)O[C@H]1C[C@H](n2ccc(N)nc2=O)O[C@H]1COP(=O)(O)O. The van der Waals surface area contributed by atoms with Crippen molar-refractivity contribution in [1.29, 1.82) is 0 Å². The van der Waals surface area contributed by atoms with Gasteiger partial charge in [0.1, 0.15) is 66.6 Å². The van der Waals surface area contributed by atoms with Gasteiger partial charge in [-0.1, -0.05) is 30.3 Å². The highest BCUT2D eigenvalue weighted by Crippen LogP contribution is 2.50. The van der Waals surface area contributed by atoms with Gasteiger partial charge in [0.15, 0.2) is 23.8 Å². The molecule has 1 aromatic carbocycles. The van der Waals surface area contributed by atoms with Gasteiger partial charge in [0.25, 0.3) is 0 Å². The van der Waals surface area contributed by atoms with Crippen LogP contribution in [0.1, 0.15) is 58.1 Å². The average molecular weight is 985 g/mol. The van der Waals surface area contributed by atoms with Crippen LogP contribution >= 0.6 is 15.6 Å². The number of rotatable bonds is 19. The maximum absolute atomic E-state index is 14.0. The van der Waals surface area contributed by atoms with Crippen molar-refractivity contribution in [1.82, 2.24) is 39.7 Å². The second-order valence-electron chi connectivity index (χ2n) is 16.0. The lowest BCUT2D eigenvalue weighted by atomic mass is 10.1. The van der Waals surface area contributed by atoms with E-state index in [2.05, 4.69) is 35.1 Å². The van der Waals surface area contributed by atoms with E-state index in [-0.39, 0.29) is 55.2 Å². The first-order valence-electron chi connectivity index (χ1n) is 20.3. The molecule has 0 spiro atoms. The summed E-state index contributed by atoms with van der Waals surface area (Å²) in [6.45, 7) is 2.95. The summed E-state index contributed by atoms with van der Waals surface area (Å²) < 4.78 is 70.8. The van der Waals surface area contributed by atoms with Crippen LogP contribution in [0.3, 0.4) is 0 Å². The second-order valence-corrected chi connectivity index (χ2v) is 18.6. The monoisotopic (exact) mass is 984 g/mol. The number of esters is 1. The molecular formula is C37H50N10O18P2. The van der Waals surface area contributed by atoms with Gasteiger partial charge in [-0.15, -0.1) is 0 Å². The lowest BCUT2D eigenvalue weighted by Crippen LogP contribution is -2.48. The van der Waals surface area contributed by atoms with Crippen LogP contribution in [-0.4, -0.2) is 129 Å². The molecule has 9 atom stereocenters. The van der Waals surface area contributed by atoms with Crippen LogP contribution in [0.15, 0.2) is 60.0 Å². The number of anilines is 2. The van der Waals surface area contributed by atoms with Gasteiger partial charge in [-0.25, -0.2) is 43.3 Å². The third-order valence-corrected chi connectivity index (χ3v) is 11.3.